The van der Waals surface area contributed by atoms with Gasteiger partial charge in [0.15, 0.2) is 0 Å². The van der Waals surface area contributed by atoms with E-state index in [4.69, 9.17) is 16.3 Å². The molecule has 3 nitrogen and oxygen atoms in total. The minimum atomic E-state index is 0.787. The largest absolute Gasteiger partial charge is 0.493 e. The average Bonchev–Trinajstić information content (AvgIpc) is 2.90. The summed E-state index contributed by atoms with van der Waals surface area (Å²) in [5.74, 6) is 1.02. The van der Waals surface area contributed by atoms with E-state index in [0.717, 1.165) is 55.4 Å². The van der Waals surface area contributed by atoms with Crippen LogP contribution >= 0.6 is 11.6 Å². The summed E-state index contributed by atoms with van der Waals surface area (Å²) < 4.78 is 5.62. The molecule has 2 aromatic carbocycles. The van der Waals surface area contributed by atoms with Gasteiger partial charge < -0.3 is 15.0 Å². The third-order valence-electron chi connectivity index (χ3n) is 4.85. The van der Waals surface area contributed by atoms with Crippen LogP contribution in [0.3, 0.4) is 0 Å². The molecule has 2 aliphatic heterocycles. The lowest BCUT2D eigenvalue weighted by Gasteiger charge is -2.25. The van der Waals surface area contributed by atoms with Crippen LogP contribution in [0, 0.1) is 0 Å². The first-order valence-electron chi connectivity index (χ1n) is 8.24. The Balaban J connectivity index is 1.77. The second kappa shape index (κ2) is 6.06. The van der Waals surface area contributed by atoms with Gasteiger partial charge in [-0.25, -0.2) is 0 Å². The number of hydrogen-bond donors (Lipinski definition) is 1. The molecule has 0 fully saturated rings. The summed E-state index contributed by atoms with van der Waals surface area (Å²) >= 11 is 6.59. The lowest BCUT2D eigenvalue weighted by atomic mass is 9.99. The van der Waals surface area contributed by atoms with Gasteiger partial charge in [0.05, 0.1) is 17.3 Å². The highest BCUT2D eigenvalue weighted by molar-refractivity contribution is 6.33. The van der Waals surface area contributed by atoms with Crippen LogP contribution in [-0.4, -0.2) is 26.7 Å². The summed E-state index contributed by atoms with van der Waals surface area (Å²) in [4.78, 5) is 2.23. The van der Waals surface area contributed by atoms with E-state index in [1.165, 1.54) is 22.4 Å². The molecule has 4 heteroatoms. The molecule has 0 atom stereocenters. The Morgan fingerprint density at radius 3 is 2.83 bits per heavy atom. The molecule has 23 heavy (non-hydrogen) atoms. The van der Waals surface area contributed by atoms with E-state index in [9.17, 15) is 0 Å². The number of hydrogen-bond acceptors (Lipinski definition) is 3. The maximum atomic E-state index is 6.59. The average molecular weight is 329 g/mol. The van der Waals surface area contributed by atoms with Crippen LogP contribution in [0.5, 0.6) is 5.75 Å². The summed E-state index contributed by atoms with van der Waals surface area (Å²) in [6, 6.07) is 10.6. The Morgan fingerprint density at radius 2 is 1.91 bits per heavy atom. The maximum absolute atomic E-state index is 6.59. The second-order valence-corrected chi connectivity index (χ2v) is 6.64. The monoisotopic (exact) mass is 328 g/mol. The quantitative estimate of drug-likeness (QED) is 0.909. The molecular weight excluding hydrogens is 308 g/mol. The number of rotatable bonds is 2. The minimum Gasteiger partial charge on any atom is -0.493 e. The van der Waals surface area contributed by atoms with Gasteiger partial charge in [0, 0.05) is 19.2 Å². The molecule has 2 heterocycles. The van der Waals surface area contributed by atoms with Gasteiger partial charge >= 0.3 is 0 Å². The standard InChI is InChI=1S/C19H21ClN2O/c1-22(15-3-5-18-14(12-15)8-11-23-18)19-16-7-10-21-9-6-13(16)2-4-17(19)20/h2-5,12,21H,6-11H2,1H3. The van der Waals surface area contributed by atoms with Crippen LogP contribution in [0.2, 0.25) is 5.02 Å². The van der Waals surface area contributed by atoms with Gasteiger partial charge in [-0.1, -0.05) is 17.7 Å². The van der Waals surface area contributed by atoms with Gasteiger partial charge in [-0.2, -0.15) is 0 Å². The van der Waals surface area contributed by atoms with Gasteiger partial charge in [-0.15, -0.1) is 0 Å². The number of fused-ring (bicyclic) bond motifs is 2. The first-order chi connectivity index (χ1) is 11.2. The fourth-order valence-corrected chi connectivity index (χ4v) is 3.90. The summed E-state index contributed by atoms with van der Waals surface area (Å²) in [6.07, 6.45) is 3.07. The van der Waals surface area contributed by atoms with Crippen molar-refractivity contribution in [3.63, 3.8) is 0 Å². The Hall–Kier alpha value is -1.71. The predicted molar refractivity (Wildman–Crippen MR) is 95.4 cm³/mol. The van der Waals surface area contributed by atoms with Crippen molar-refractivity contribution in [3.05, 3.63) is 52.0 Å². The van der Waals surface area contributed by atoms with Crippen LogP contribution in [0.15, 0.2) is 30.3 Å². The Morgan fingerprint density at radius 1 is 1.04 bits per heavy atom. The third-order valence-corrected chi connectivity index (χ3v) is 5.15. The molecule has 0 bridgehead atoms. The van der Waals surface area contributed by atoms with Crippen molar-refractivity contribution >= 4 is 23.0 Å². The molecule has 0 radical (unpaired) electrons. The van der Waals surface area contributed by atoms with Crippen molar-refractivity contribution in [1.29, 1.82) is 0 Å². The molecule has 2 aromatic rings. The van der Waals surface area contributed by atoms with E-state index in [2.05, 4.69) is 41.5 Å². The summed E-state index contributed by atoms with van der Waals surface area (Å²) in [5.41, 5.74) is 6.38. The number of ether oxygens (including phenoxy) is 1. The van der Waals surface area contributed by atoms with Crippen LogP contribution < -0.4 is 15.0 Å². The van der Waals surface area contributed by atoms with Gasteiger partial charge in [-0.3, -0.25) is 0 Å². The lowest BCUT2D eigenvalue weighted by Crippen LogP contribution is -2.17. The molecule has 1 N–H and O–H groups in total. The molecule has 0 aromatic heterocycles. The van der Waals surface area contributed by atoms with E-state index < -0.39 is 0 Å². The molecule has 120 valence electrons. The zero-order valence-electron chi connectivity index (χ0n) is 13.4. The van der Waals surface area contributed by atoms with E-state index in [1.54, 1.807) is 0 Å². The SMILES string of the molecule is CN(c1ccc2c(c1)CCO2)c1c(Cl)ccc2c1CCNCC2. The van der Waals surface area contributed by atoms with Crippen molar-refractivity contribution in [1.82, 2.24) is 5.32 Å². The lowest BCUT2D eigenvalue weighted by molar-refractivity contribution is 0.357. The highest BCUT2D eigenvalue weighted by Crippen LogP contribution is 2.38. The Labute approximate surface area is 142 Å². The van der Waals surface area contributed by atoms with Gasteiger partial charge in [0.2, 0.25) is 0 Å². The smallest absolute Gasteiger partial charge is 0.122 e. The minimum absolute atomic E-state index is 0.787. The number of benzene rings is 2. The number of nitrogens with one attached hydrogen (secondary N) is 1. The van der Waals surface area contributed by atoms with Crippen LogP contribution in [0.25, 0.3) is 0 Å². The number of nitrogens with zero attached hydrogens (tertiary/aromatic N) is 1. The van der Waals surface area contributed by atoms with Gasteiger partial charge in [0.25, 0.3) is 0 Å². The van der Waals surface area contributed by atoms with E-state index >= 15 is 0 Å². The van der Waals surface area contributed by atoms with Crippen molar-refractivity contribution in [2.24, 2.45) is 0 Å². The molecule has 0 aliphatic carbocycles. The zero-order valence-corrected chi connectivity index (χ0v) is 14.1. The van der Waals surface area contributed by atoms with E-state index in [1.807, 2.05) is 6.07 Å². The molecular formula is C19H21ClN2O. The maximum Gasteiger partial charge on any atom is 0.122 e. The fraction of sp³-hybridized carbons (Fsp3) is 0.368. The van der Waals surface area contributed by atoms with Crippen LogP contribution in [0.4, 0.5) is 11.4 Å². The molecule has 2 aliphatic rings. The highest BCUT2D eigenvalue weighted by Gasteiger charge is 2.20. The number of halogens is 1. The molecule has 0 saturated heterocycles. The normalized spacial score (nSPS) is 16.3. The van der Waals surface area contributed by atoms with Crippen LogP contribution in [0.1, 0.15) is 16.7 Å². The van der Waals surface area contributed by atoms with Crippen molar-refractivity contribution < 1.29 is 4.74 Å². The van der Waals surface area contributed by atoms with E-state index in [-0.39, 0.29) is 0 Å². The molecule has 0 saturated carbocycles. The summed E-state index contributed by atoms with van der Waals surface area (Å²) in [5, 5.41) is 4.30. The highest BCUT2D eigenvalue weighted by atomic mass is 35.5. The summed E-state index contributed by atoms with van der Waals surface area (Å²) in [7, 11) is 2.11. The summed E-state index contributed by atoms with van der Waals surface area (Å²) in [6.45, 7) is 2.83. The van der Waals surface area contributed by atoms with Crippen LogP contribution in [-0.2, 0) is 19.3 Å². The van der Waals surface area contributed by atoms with Crippen molar-refractivity contribution in [3.8, 4) is 5.75 Å². The van der Waals surface area contributed by atoms with E-state index in [0.29, 0.717) is 0 Å². The zero-order chi connectivity index (χ0) is 15.8. The number of anilines is 2. The van der Waals surface area contributed by atoms with Crippen molar-refractivity contribution in [2.75, 3.05) is 31.6 Å². The molecule has 0 amide bonds. The Kier molecular flexibility index (Phi) is 3.92. The third kappa shape index (κ3) is 2.68. The molecule has 0 spiro atoms. The predicted octanol–water partition coefficient (Wildman–Crippen LogP) is 3.73. The first kappa shape index (κ1) is 14.9. The van der Waals surface area contributed by atoms with Crippen molar-refractivity contribution in [2.45, 2.75) is 19.3 Å². The van der Waals surface area contributed by atoms with Gasteiger partial charge in [-0.05, 0) is 66.9 Å². The molecule has 0 unspecified atom stereocenters. The Bertz CT molecular complexity index is 744. The first-order valence-corrected chi connectivity index (χ1v) is 8.62. The topological polar surface area (TPSA) is 24.5 Å². The molecule has 4 rings (SSSR count). The second-order valence-electron chi connectivity index (χ2n) is 6.23. The van der Waals surface area contributed by atoms with Gasteiger partial charge in [0.1, 0.15) is 5.75 Å². The fourth-order valence-electron chi connectivity index (χ4n) is 3.60.